The van der Waals surface area contributed by atoms with E-state index in [-0.39, 0.29) is 30.1 Å². The van der Waals surface area contributed by atoms with Crippen LogP contribution in [0.1, 0.15) is 6.92 Å². The van der Waals surface area contributed by atoms with Gasteiger partial charge in [-0.2, -0.15) is 4.98 Å². The molecule has 2 aromatic heterocycles. The van der Waals surface area contributed by atoms with Crippen LogP contribution < -0.4 is 10.6 Å². The van der Waals surface area contributed by atoms with Crippen LogP contribution in [0.25, 0.3) is 11.3 Å². The summed E-state index contributed by atoms with van der Waals surface area (Å²) in [4.78, 5) is 12.7. The summed E-state index contributed by atoms with van der Waals surface area (Å²) in [6, 6.07) is 8.76. The number of halogens is 2. The van der Waals surface area contributed by atoms with E-state index in [0.29, 0.717) is 5.69 Å². The molecule has 3 N–H and O–H groups in total. The fraction of sp³-hybridized carbons (Fsp3) is 0.167. The van der Waals surface area contributed by atoms with Crippen molar-refractivity contribution in [2.75, 3.05) is 17.2 Å². The largest absolute Gasteiger partial charge is 0.394 e. The Hall–Kier alpha value is -3.13. The molecule has 26 heavy (non-hydrogen) atoms. The average Bonchev–Trinajstić information content (AvgIpc) is 2.66. The molecule has 0 aliphatic rings. The van der Waals surface area contributed by atoms with Crippen LogP contribution in [0, 0.1) is 11.6 Å². The van der Waals surface area contributed by atoms with Crippen molar-refractivity contribution in [1.29, 1.82) is 0 Å². The highest BCUT2D eigenvalue weighted by Crippen LogP contribution is 2.25. The summed E-state index contributed by atoms with van der Waals surface area (Å²) in [7, 11) is 0. The Morgan fingerprint density at radius 1 is 1.15 bits per heavy atom. The summed E-state index contributed by atoms with van der Waals surface area (Å²) in [6.45, 7) is 1.65. The van der Waals surface area contributed by atoms with E-state index in [1.807, 2.05) is 6.07 Å². The molecule has 0 amide bonds. The van der Waals surface area contributed by atoms with Crippen molar-refractivity contribution in [3.63, 3.8) is 0 Å². The van der Waals surface area contributed by atoms with Gasteiger partial charge in [0.25, 0.3) is 0 Å². The summed E-state index contributed by atoms with van der Waals surface area (Å²) in [5, 5.41) is 14.9. The summed E-state index contributed by atoms with van der Waals surface area (Å²) in [5.74, 6) is -1.43. The molecule has 0 aliphatic heterocycles. The zero-order chi connectivity index (χ0) is 18.5. The van der Waals surface area contributed by atoms with Crippen molar-refractivity contribution in [3.8, 4) is 11.3 Å². The topological polar surface area (TPSA) is 83.0 Å². The predicted molar refractivity (Wildman–Crippen MR) is 95.1 cm³/mol. The smallest absolute Gasteiger partial charge is 0.225 e. The van der Waals surface area contributed by atoms with Crippen molar-refractivity contribution in [2.24, 2.45) is 0 Å². The van der Waals surface area contributed by atoms with E-state index in [1.165, 1.54) is 12.1 Å². The minimum atomic E-state index is -0.993. The van der Waals surface area contributed by atoms with E-state index < -0.39 is 11.6 Å². The Bertz CT molecular complexity index is 892. The number of rotatable bonds is 6. The molecule has 1 atom stereocenters. The molecule has 2 heterocycles. The number of hydrogen-bond donors (Lipinski definition) is 3. The summed E-state index contributed by atoms with van der Waals surface area (Å²) >= 11 is 0. The second-order valence-electron chi connectivity index (χ2n) is 5.66. The minimum absolute atomic E-state index is 0.0398. The molecule has 3 aromatic rings. The molecule has 8 heteroatoms. The molecule has 0 saturated heterocycles. The van der Waals surface area contributed by atoms with Gasteiger partial charge >= 0.3 is 0 Å². The molecular weight excluding hydrogens is 340 g/mol. The molecule has 6 nitrogen and oxygen atoms in total. The van der Waals surface area contributed by atoms with Crippen LogP contribution >= 0.6 is 0 Å². The third-order valence-corrected chi connectivity index (χ3v) is 3.55. The maximum absolute atomic E-state index is 13.9. The number of pyridine rings is 1. The Kier molecular flexibility index (Phi) is 5.33. The number of aliphatic hydroxyl groups excluding tert-OH is 1. The lowest BCUT2D eigenvalue weighted by Crippen LogP contribution is -2.21. The maximum Gasteiger partial charge on any atom is 0.225 e. The number of hydrogen-bond acceptors (Lipinski definition) is 6. The molecule has 1 aromatic carbocycles. The highest BCUT2D eigenvalue weighted by molar-refractivity contribution is 5.67. The van der Waals surface area contributed by atoms with Gasteiger partial charge in [0.2, 0.25) is 5.95 Å². The lowest BCUT2D eigenvalue weighted by atomic mass is 10.2. The normalized spacial score (nSPS) is 11.8. The average molecular weight is 357 g/mol. The van der Waals surface area contributed by atoms with Crippen LogP contribution in [0.3, 0.4) is 0 Å². The number of aliphatic hydroxyl groups is 1. The number of benzene rings is 1. The Morgan fingerprint density at radius 2 is 2.00 bits per heavy atom. The molecule has 0 fully saturated rings. The summed E-state index contributed by atoms with van der Waals surface area (Å²) in [5.41, 5.74) is 1.24. The number of anilines is 3. The van der Waals surface area contributed by atoms with Crippen molar-refractivity contribution >= 4 is 17.5 Å². The first-order valence-electron chi connectivity index (χ1n) is 7.94. The zero-order valence-electron chi connectivity index (χ0n) is 13.9. The van der Waals surface area contributed by atoms with Crippen molar-refractivity contribution in [2.45, 2.75) is 13.0 Å². The molecule has 0 bridgehead atoms. The number of aromatic nitrogens is 3. The molecule has 3 rings (SSSR count). The zero-order valence-corrected chi connectivity index (χ0v) is 13.9. The van der Waals surface area contributed by atoms with Gasteiger partial charge in [-0.3, -0.25) is 4.98 Å². The third-order valence-electron chi connectivity index (χ3n) is 3.55. The van der Waals surface area contributed by atoms with Gasteiger partial charge in [0.05, 0.1) is 18.0 Å². The quantitative estimate of drug-likeness (QED) is 0.628. The van der Waals surface area contributed by atoms with Gasteiger partial charge in [0, 0.05) is 30.1 Å². The molecule has 0 aliphatic carbocycles. The van der Waals surface area contributed by atoms with E-state index in [2.05, 4.69) is 25.6 Å². The van der Waals surface area contributed by atoms with Crippen LogP contribution in [-0.2, 0) is 0 Å². The van der Waals surface area contributed by atoms with E-state index in [0.717, 1.165) is 11.6 Å². The van der Waals surface area contributed by atoms with Gasteiger partial charge in [-0.25, -0.2) is 13.8 Å². The molecule has 0 saturated carbocycles. The fourth-order valence-corrected chi connectivity index (χ4v) is 2.24. The van der Waals surface area contributed by atoms with Gasteiger partial charge in [-0.05, 0) is 31.2 Å². The second kappa shape index (κ2) is 7.83. The van der Waals surface area contributed by atoms with Crippen LogP contribution in [-0.4, -0.2) is 32.7 Å². The van der Waals surface area contributed by atoms with Crippen molar-refractivity contribution < 1.29 is 13.9 Å². The lowest BCUT2D eigenvalue weighted by molar-refractivity contribution is 0.281. The minimum Gasteiger partial charge on any atom is -0.394 e. The highest BCUT2D eigenvalue weighted by Gasteiger charge is 2.12. The van der Waals surface area contributed by atoms with E-state index in [9.17, 15) is 13.9 Å². The molecule has 0 unspecified atom stereocenters. The standard InChI is InChI=1S/C18H17F2N5O/c1-11(10-26)22-18-24-15(12-4-3-7-21-9-12)8-16(25-18)23-14-6-2-5-13(19)17(14)20/h2-9,11,26H,10H2,1H3,(H2,22,23,24,25)/t11-/m0/s1. The van der Waals surface area contributed by atoms with E-state index >= 15 is 0 Å². The molecular formula is C18H17F2N5O. The first kappa shape index (κ1) is 17.7. The second-order valence-corrected chi connectivity index (χ2v) is 5.66. The first-order valence-corrected chi connectivity index (χ1v) is 7.94. The van der Waals surface area contributed by atoms with Gasteiger partial charge in [0.15, 0.2) is 11.6 Å². The van der Waals surface area contributed by atoms with Gasteiger partial charge in [-0.1, -0.05) is 6.07 Å². The molecule has 0 radical (unpaired) electrons. The first-order chi connectivity index (χ1) is 12.6. The third kappa shape index (κ3) is 4.09. The van der Waals surface area contributed by atoms with Gasteiger partial charge < -0.3 is 15.7 Å². The lowest BCUT2D eigenvalue weighted by Gasteiger charge is -2.14. The van der Waals surface area contributed by atoms with E-state index in [4.69, 9.17) is 0 Å². The number of nitrogens with zero attached hydrogens (tertiary/aromatic N) is 3. The summed E-state index contributed by atoms with van der Waals surface area (Å²) in [6.07, 6.45) is 3.27. The predicted octanol–water partition coefficient (Wildman–Crippen LogP) is 3.35. The monoisotopic (exact) mass is 357 g/mol. The highest BCUT2D eigenvalue weighted by atomic mass is 19.2. The van der Waals surface area contributed by atoms with E-state index in [1.54, 1.807) is 31.5 Å². The maximum atomic E-state index is 13.9. The Balaban J connectivity index is 2.00. The fourth-order valence-electron chi connectivity index (χ4n) is 2.24. The van der Waals surface area contributed by atoms with Crippen molar-refractivity contribution in [1.82, 2.24) is 15.0 Å². The van der Waals surface area contributed by atoms with Crippen LogP contribution in [0.15, 0.2) is 48.8 Å². The molecule has 134 valence electrons. The number of nitrogens with one attached hydrogen (secondary N) is 2. The SMILES string of the molecule is C[C@@H](CO)Nc1nc(Nc2cccc(F)c2F)cc(-c2cccnc2)n1. The summed E-state index contributed by atoms with van der Waals surface area (Å²) < 4.78 is 27.4. The van der Waals surface area contributed by atoms with Gasteiger partial charge in [-0.15, -0.1) is 0 Å². The van der Waals surface area contributed by atoms with Crippen LogP contribution in [0.5, 0.6) is 0 Å². The molecule has 0 spiro atoms. The van der Waals surface area contributed by atoms with Crippen LogP contribution in [0.2, 0.25) is 0 Å². The van der Waals surface area contributed by atoms with Gasteiger partial charge in [0.1, 0.15) is 5.82 Å². The van der Waals surface area contributed by atoms with Crippen LogP contribution in [0.4, 0.5) is 26.2 Å². The van der Waals surface area contributed by atoms with Crippen molar-refractivity contribution in [3.05, 3.63) is 60.4 Å². The Morgan fingerprint density at radius 3 is 2.73 bits per heavy atom. The Labute approximate surface area is 149 Å².